The summed E-state index contributed by atoms with van der Waals surface area (Å²) in [6.07, 6.45) is 0.254. The van der Waals surface area contributed by atoms with E-state index in [-0.39, 0.29) is 18.6 Å². The number of carboxylic acid groups (broad SMARTS) is 1. The number of rotatable bonds is 5. The molecule has 1 unspecified atom stereocenters. The van der Waals surface area contributed by atoms with Crippen LogP contribution >= 0.6 is 38.9 Å². The molecule has 6 heteroatoms. The number of thiophene rings is 1. The van der Waals surface area contributed by atoms with Gasteiger partial charge >= 0.3 is 5.97 Å². The lowest BCUT2D eigenvalue weighted by Crippen LogP contribution is -2.14. The largest absolute Gasteiger partial charge is 0.481 e. The average molecular weight is 312 g/mol. The fourth-order valence-electron chi connectivity index (χ4n) is 0.982. The van der Waals surface area contributed by atoms with Crippen LogP contribution in [0.25, 0.3) is 0 Å². The number of hydrogen-bond acceptors (Lipinski definition) is 3. The van der Waals surface area contributed by atoms with E-state index < -0.39 is 10.8 Å². The second kappa shape index (κ2) is 5.63. The first-order valence-corrected chi connectivity index (χ1v) is 6.27. The first-order chi connectivity index (χ1) is 7.00. The van der Waals surface area contributed by atoms with E-state index in [9.17, 15) is 9.59 Å². The Balaban J connectivity index is 2.57. The quantitative estimate of drug-likeness (QED) is 0.671. The molecule has 82 valence electrons. The molecule has 0 saturated carbocycles. The predicted molar refractivity (Wildman–Crippen MR) is 63.2 cm³/mol. The normalized spacial score (nSPS) is 12.4. The second-order valence-corrected chi connectivity index (χ2v) is 5.69. The number of aliphatic carboxylic acids is 1. The Morgan fingerprint density at radius 2 is 2.20 bits per heavy atom. The molecule has 0 saturated heterocycles. The van der Waals surface area contributed by atoms with Gasteiger partial charge in [0.2, 0.25) is 0 Å². The summed E-state index contributed by atoms with van der Waals surface area (Å²) < 4.78 is 0.552. The molecule has 1 atom stereocenters. The summed E-state index contributed by atoms with van der Waals surface area (Å²) in [4.78, 5) is 22.1. The molecule has 0 amide bonds. The number of ketones is 1. The van der Waals surface area contributed by atoms with Gasteiger partial charge in [0.1, 0.15) is 0 Å². The summed E-state index contributed by atoms with van der Waals surface area (Å²) in [6.45, 7) is 0. The van der Waals surface area contributed by atoms with E-state index in [1.807, 2.05) is 0 Å². The van der Waals surface area contributed by atoms with Crippen LogP contribution < -0.4 is 0 Å². The summed E-state index contributed by atoms with van der Waals surface area (Å²) in [5, 5.41) is 8.47. The van der Waals surface area contributed by atoms with Crippen LogP contribution in [0.2, 0.25) is 4.34 Å². The lowest BCUT2D eigenvalue weighted by molar-refractivity contribution is -0.137. The van der Waals surface area contributed by atoms with Gasteiger partial charge in [-0.3, -0.25) is 9.59 Å². The van der Waals surface area contributed by atoms with E-state index in [1.54, 1.807) is 12.1 Å². The molecule has 3 nitrogen and oxygen atoms in total. The Kier molecular flexibility index (Phi) is 4.76. The van der Waals surface area contributed by atoms with Crippen molar-refractivity contribution in [2.24, 2.45) is 0 Å². The van der Waals surface area contributed by atoms with Gasteiger partial charge in [-0.25, -0.2) is 0 Å². The molecule has 0 aliphatic carbocycles. The Hall–Kier alpha value is -0.390. The van der Waals surface area contributed by atoms with Crippen molar-refractivity contribution < 1.29 is 14.7 Å². The van der Waals surface area contributed by atoms with Gasteiger partial charge in [0.15, 0.2) is 5.78 Å². The molecular weight excluding hydrogens is 304 g/mol. The predicted octanol–water partition coefficient (Wildman–Crippen LogP) is 3.21. The number of halogens is 2. The van der Waals surface area contributed by atoms with Crippen LogP contribution in [0.3, 0.4) is 0 Å². The summed E-state index contributed by atoms with van der Waals surface area (Å²) in [5.41, 5.74) is 0. The van der Waals surface area contributed by atoms with Crippen molar-refractivity contribution in [1.82, 2.24) is 0 Å². The molecule has 15 heavy (non-hydrogen) atoms. The molecule has 0 spiro atoms. The van der Waals surface area contributed by atoms with Gasteiger partial charge in [-0.15, -0.1) is 11.3 Å². The highest BCUT2D eigenvalue weighted by Crippen LogP contribution is 2.25. The van der Waals surface area contributed by atoms with Gasteiger partial charge in [0, 0.05) is 6.42 Å². The Morgan fingerprint density at radius 1 is 1.53 bits per heavy atom. The molecule has 0 radical (unpaired) electrons. The van der Waals surface area contributed by atoms with E-state index >= 15 is 0 Å². The lowest BCUT2D eigenvalue weighted by Gasteiger charge is -2.04. The highest BCUT2D eigenvalue weighted by Gasteiger charge is 2.19. The standard InChI is InChI=1S/C9H8BrClO3S/c10-5(1-4-8(12)13)9(14)6-2-3-7(11)15-6/h2-3,5H,1,4H2,(H,12,13). The van der Waals surface area contributed by atoms with E-state index in [0.717, 1.165) is 0 Å². The zero-order valence-corrected chi connectivity index (χ0v) is 10.7. The van der Waals surface area contributed by atoms with Crippen molar-refractivity contribution in [1.29, 1.82) is 0 Å². The lowest BCUT2D eigenvalue weighted by atomic mass is 10.1. The maximum atomic E-state index is 11.7. The van der Waals surface area contributed by atoms with Gasteiger partial charge in [0.05, 0.1) is 14.0 Å². The second-order valence-electron chi connectivity index (χ2n) is 2.87. The minimum Gasteiger partial charge on any atom is -0.481 e. The smallest absolute Gasteiger partial charge is 0.303 e. The van der Waals surface area contributed by atoms with Crippen LogP contribution in [0.5, 0.6) is 0 Å². The summed E-state index contributed by atoms with van der Waals surface area (Å²) in [7, 11) is 0. The third kappa shape index (κ3) is 3.93. The number of carbonyl (C=O) groups is 2. The number of alkyl halides is 1. The Morgan fingerprint density at radius 3 is 2.67 bits per heavy atom. The highest BCUT2D eigenvalue weighted by atomic mass is 79.9. The molecule has 0 bridgehead atoms. The first kappa shape index (κ1) is 12.7. The van der Waals surface area contributed by atoms with Crippen molar-refractivity contribution in [2.75, 3.05) is 0 Å². The zero-order chi connectivity index (χ0) is 11.4. The van der Waals surface area contributed by atoms with Gasteiger partial charge in [0.25, 0.3) is 0 Å². The maximum absolute atomic E-state index is 11.7. The van der Waals surface area contributed by atoms with Gasteiger partial charge < -0.3 is 5.11 Å². The van der Waals surface area contributed by atoms with Crippen molar-refractivity contribution in [3.05, 3.63) is 21.3 Å². The summed E-state index contributed by atoms with van der Waals surface area (Å²) in [5.74, 6) is -1.02. The van der Waals surface area contributed by atoms with Crippen LogP contribution in [0, 0.1) is 0 Å². The SMILES string of the molecule is O=C(O)CCC(Br)C(=O)c1ccc(Cl)s1. The van der Waals surface area contributed by atoms with E-state index in [2.05, 4.69) is 15.9 Å². The maximum Gasteiger partial charge on any atom is 0.303 e. The van der Waals surface area contributed by atoms with E-state index in [4.69, 9.17) is 16.7 Å². The van der Waals surface area contributed by atoms with Crippen LogP contribution in [0.4, 0.5) is 0 Å². The molecule has 0 aromatic carbocycles. The molecule has 0 aliphatic heterocycles. The number of carboxylic acids is 1. The van der Waals surface area contributed by atoms with Crippen LogP contribution in [0.1, 0.15) is 22.5 Å². The molecule has 1 aromatic heterocycles. The van der Waals surface area contributed by atoms with Crippen LogP contribution in [-0.2, 0) is 4.79 Å². The fraction of sp³-hybridized carbons (Fsp3) is 0.333. The van der Waals surface area contributed by atoms with Crippen molar-refractivity contribution in [3.63, 3.8) is 0 Å². The summed E-state index contributed by atoms with van der Waals surface area (Å²) >= 11 is 10.1. The number of hydrogen-bond donors (Lipinski definition) is 1. The zero-order valence-electron chi connectivity index (χ0n) is 7.57. The molecule has 1 N–H and O–H groups in total. The molecule has 1 heterocycles. The fourth-order valence-corrected chi connectivity index (χ4v) is 2.65. The molecule has 1 rings (SSSR count). The average Bonchev–Trinajstić information content (AvgIpc) is 2.60. The Labute approximate surface area is 104 Å². The van der Waals surface area contributed by atoms with Gasteiger partial charge in [-0.2, -0.15) is 0 Å². The minimum absolute atomic E-state index is 0.0270. The van der Waals surface area contributed by atoms with Gasteiger partial charge in [-0.1, -0.05) is 27.5 Å². The van der Waals surface area contributed by atoms with Crippen molar-refractivity contribution >= 4 is 50.6 Å². The van der Waals surface area contributed by atoms with Crippen molar-refractivity contribution in [3.8, 4) is 0 Å². The number of Topliss-reactive ketones (excluding diaryl/α,β-unsaturated/α-hetero) is 1. The van der Waals surface area contributed by atoms with Crippen LogP contribution in [-0.4, -0.2) is 21.7 Å². The number of carbonyl (C=O) groups excluding carboxylic acids is 1. The third-order valence-corrected chi connectivity index (χ3v) is 3.83. The molecule has 1 aromatic rings. The molecule has 0 fully saturated rings. The monoisotopic (exact) mass is 310 g/mol. The Bertz CT molecular complexity index is 377. The van der Waals surface area contributed by atoms with Crippen molar-refractivity contribution in [2.45, 2.75) is 17.7 Å². The third-order valence-electron chi connectivity index (χ3n) is 1.71. The minimum atomic E-state index is -0.906. The van der Waals surface area contributed by atoms with E-state index in [1.165, 1.54) is 11.3 Å². The highest BCUT2D eigenvalue weighted by molar-refractivity contribution is 9.10. The topological polar surface area (TPSA) is 54.4 Å². The van der Waals surface area contributed by atoms with E-state index in [0.29, 0.717) is 9.21 Å². The van der Waals surface area contributed by atoms with Crippen LogP contribution in [0.15, 0.2) is 12.1 Å². The molecular formula is C9H8BrClO3S. The van der Waals surface area contributed by atoms with Gasteiger partial charge in [-0.05, 0) is 18.6 Å². The summed E-state index contributed by atoms with van der Waals surface area (Å²) in [6, 6.07) is 3.29. The first-order valence-electron chi connectivity index (χ1n) is 4.16. The molecule has 0 aliphatic rings.